The molecule has 1 N–H and O–H groups in total. The van der Waals surface area contributed by atoms with Crippen molar-refractivity contribution in [3.05, 3.63) is 63.0 Å². The number of nitrogens with zero attached hydrogens (tertiary/aromatic N) is 3. The zero-order chi connectivity index (χ0) is 26.2. The number of thiophene rings is 1. The lowest BCUT2D eigenvalue weighted by Gasteiger charge is -2.25. The zero-order valence-electron chi connectivity index (χ0n) is 22.2. The van der Waals surface area contributed by atoms with Crippen LogP contribution in [-0.4, -0.2) is 39.9 Å². The van der Waals surface area contributed by atoms with Gasteiger partial charge >= 0.3 is 0 Å². The van der Waals surface area contributed by atoms with Crippen LogP contribution in [0.5, 0.6) is 0 Å². The largest absolute Gasteiger partial charge is 0.352 e. The van der Waals surface area contributed by atoms with Gasteiger partial charge in [0.15, 0.2) is 0 Å². The van der Waals surface area contributed by atoms with E-state index in [4.69, 9.17) is 5.10 Å². The average Bonchev–Trinajstić information content (AvgIpc) is 3.44. The van der Waals surface area contributed by atoms with Crippen molar-refractivity contribution in [3.63, 3.8) is 0 Å². The number of carbonyl (C=O) groups excluding carboxylic acids is 2. The van der Waals surface area contributed by atoms with Crippen molar-refractivity contribution in [2.24, 2.45) is 0 Å². The molecule has 2 unspecified atom stereocenters. The first-order valence-corrected chi connectivity index (χ1v) is 14.4. The molecule has 2 atom stereocenters. The fourth-order valence-corrected chi connectivity index (χ4v) is 6.50. The van der Waals surface area contributed by atoms with Gasteiger partial charge in [0, 0.05) is 17.0 Å². The van der Waals surface area contributed by atoms with Crippen LogP contribution < -0.4 is 10.2 Å². The smallest absolute Gasteiger partial charge is 0.240 e. The number of rotatable bonds is 6. The second-order valence-electron chi connectivity index (χ2n) is 10.6. The van der Waals surface area contributed by atoms with Crippen LogP contribution >= 0.6 is 23.1 Å². The van der Waals surface area contributed by atoms with Gasteiger partial charge in [0.25, 0.3) is 0 Å². The first-order valence-electron chi connectivity index (χ1n) is 12.5. The second-order valence-corrected chi connectivity index (χ2v) is 12.5. The van der Waals surface area contributed by atoms with E-state index in [2.05, 4.69) is 75.0 Å². The number of anilines is 1. The number of hydrogen-bond acceptors (Lipinski definition) is 5. The van der Waals surface area contributed by atoms with Crippen LogP contribution in [0, 0.1) is 13.8 Å². The van der Waals surface area contributed by atoms with E-state index in [1.807, 2.05) is 18.5 Å². The third kappa shape index (κ3) is 5.25. The first-order chi connectivity index (χ1) is 17.0. The molecule has 0 fully saturated rings. The predicted molar refractivity (Wildman–Crippen MR) is 151 cm³/mol. The summed E-state index contributed by atoms with van der Waals surface area (Å²) in [7, 11) is 0. The molecule has 2 aromatic heterocycles. The SMILES string of the molecule is CCC(C)NC(=O)CN1C(=O)CSC(c2ccsc2)c2c(C(C)(C)C)nn(-c3ccc(C)cc3C)c21. The number of aromatic nitrogens is 2. The van der Waals surface area contributed by atoms with Gasteiger partial charge in [0.1, 0.15) is 12.4 Å². The van der Waals surface area contributed by atoms with Crippen molar-refractivity contribution < 1.29 is 9.59 Å². The molecule has 36 heavy (non-hydrogen) atoms. The van der Waals surface area contributed by atoms with Gasteiger partial charge in [-0.2, -0.15) is 16.4 Å². The lowest BCUT2D eigenvalue weighted by molar-refractivity contribution is -0.123. The number of benzene rings is 1. The van der Waals surface area contributed by atoms with E-state index in [1.165, 1.54) is 0 Å². The molecule has 192 valence electrons. The highest BCUT2D eigenvalue weighted by Crippen LogP contribution is 2.48. The maximum Gasteiger partial charge on any atom is 0.240 e. The lowest BCUT2D eigenvalue weighted by Crippen LogP contribution is -2.44. The van der Waals surface area contributed by atoms with Crippen molar-refractivity contribution in [1.29, 1.82) is 0 Å². The number of fused-ring (bicyclic) bond motifs is 1. The summed E-state index contributed by atoms with van der Waals surface area (Å²) in [5, 5.41) is 12.4. The number of hydrogen-bond donors (Lipinski definition) is 1. The van der Waals surface area contributed by atoms with Crippen LogP contribution in [0.4, 0.5) is 5.82 Å². The van der Waals surface area contributed by atoms with Gasteiger partial charge in [-0.3, -0.25) is 14.5 Å². The molecule has 4 rings (SSSR count). The lowest BCUT2D eigenvalue weighted by atomic mass is 9.87. The molecule has 1 aliphatic rings. The molecule has 3 heterocycles. The summed E-state index contributed by atoms with van der Waals surface area (Å²) in [5.74, 6) is 0.762. The number of aryl methyl sites for hydroxylation is 2. The Morgan fingerprint density at radius 2 is 2.00 bits per heavy atom. The topological polar surface area (TPSA) is 67.2 Å². The van der Waals surface area contributed by atoms with E-state index in [1.54, 1.807) is 28.0 Å². The Morgan fingerprint density at radius 1 is 1.25 bits per heavy atom. The molecule has 3 aromatic rings. The normalized spacial score (nSPS) is 17.0. The number of thioether (sulfide) groups is 1. The van der Waals surface area contributed by atoms with Crippen LogP contribution in [-0.2, 0) is 15.0 Å². The minimum atomic E-state index is -0.263. The van der Waals surface area contributed by atoms with Gasteiger partial charge in [0.2, 0.25) is 11.8 Å². The Hall–Kier alpha value is -2.58. The van der Waals surface area contributed by atoms with Crippen LogP contribution in [0.15, 0.2) is 35.0 Å². The van der Waals surface area contributed by atoms with E-state index < -0.39 is 0 Å². The third-order valence-electron chi connectivity index (χ3n) is 6.55. The summed E-state index contributed by atoms with van der Waals surface area (Å²) in [5.41, 5.74) is 6.02. The Kier molecular flexibility index (Phi) is 7.67. The van der Waals surface area contributed by atoms with Crippen molar-refractivity contribution in [2.75, 3.05) is 17.2 Å². The quantitative estimate of drug-likeness (QED) is 0.434. The maximum atomic E-state index is 13.7. The average molecular weight is 525 g/mol. The molecular weight excluding hydrogens is 488 g/mol. The van der Waals surface area contributed by atoms with E-state index >= 15 is 0 Å². The summed E-state index contributed by atoms with van der Waals surface area (Å²) in [6, 6.07) is 8.43. The molecule has 0 saturated heterocycles. The molecule has 6 nitrogen and oxygen atoms in total. The van der Waals surface area contributed by atoms with Crippen molar-refractivity contribution in [1.82, 2.24) is 15.1 Å². The number of amides is 2. The van der Waals surface area contributed by atoms with E-state index in [-0.39, 0.29) is 35.1 Å². The van der Waals surface area contributed by atoms with Crippen molar-refractivity contribution in [3.8, 4) is 5.69 Å². The molecule has 8 heteroatoms. The van der Waals surface area contributed by atoms with Gasteiger partial charge < -0.3 is 5.32 Å². The van der Waals surface area contributed by atoms with Crippen molar-refractivity contribution >= 4 is 40.7 Å². The Morgan fingerprint density at radius 3 is 2.61 bits per heavy atom. The molecular formula is C28H36N4O2S2. The van der Waals surface area contributed by atoms with Gasteiger partial charge in [-0.25, -0.2) is 4.68 Å². The maximum absolute atomic E-state index is 13.7. The number of nitrogens with one attached hydrogen (secondary N) is 1. The van der Waals surface area contributed by atoms with Crippen molar-refractivity contribution in [2.45, 2.75) is 71.6 Å². The summed E-state index contributed by atoms with van der Waals surface area (Å²) in [6.45, 7) is 14.6. The minimum Gasteiger partial charge on any atom is -0.352 e. The molecule has 0 bridgehead atoms. The van der Waals surface area contributed by atoms with Gasteiger partial charge in [-0.05, 0) is 61.2 Å². The second kappa shape index (κ2) is 10.4. The Bertz CT molecular complexity index is 1260. The van der Waals surface area contributed by atoms with Crippen LogP contribution in [0.2, 0.25) is 0 Å². The molecule has 0 spiro atoms. The Labute approximate surface area is 222 Å². The highest BCUT2D eigenvalue weighted by molar-refractivity contribution is 8.00. The van der Waals surface area contributed by atoms with E-state index in [0.717, 1.165) is 40.1 Å². The summed E-state index contributed by atoms with van der Waals surface area (Å²) < 4.78 is 1.91. The van der Waals surface area contributed by atoms with Gasteiger partial charge in [-0.1, -0.05) is 45.4 Å². The molecule has 0 saturated carbocycles. The summed E-state index contributed by atoms with van der Waals surface area (Å²) in [4.78, 5) is 28.4. The fourth-order valence-electron chi connectivity index (χ4n) is 4.54. The highest BCUT2D eigenvalue weighted by atomic mass is 32.2. The standard InChI is InChI=1S/C28H36N4O2S2/c1-8-19(4)29-22(33)14-31-23(34)16-36-25(20-11-12-35-15-20)24-26(28(5,6)7)30-32(27(24)31)21-10-9-17(2)13-18(21)3/h9-13,15,19,25H,8,14,16H2,1-7H3,(H,29,33). The van der Waals surface area contributed by atoms with Gasteiger partial charge in [0.05, 0.1) is 22.4 Å². The molecule has 2 amide bonds. The fraction of sp³-hybridized carbons (Fsp3) is 0.464. The summed E-state index contributed by atoms with van der Waals surface area (Å²) >= 11 is 3.27. The van der Waals surface area contributed by atoms with E-state index in [9.17, 15) is 9.59 Å². The highest BCUT2D eigenvalue weighted by Gasteiger charge is 2.40. The Balaban J connectivity index is 1.99. The third-order valence-corrected chi connectivity index (χ3v) is 8.50. The minimum absolute atomic E-state index is 0.0344. The number of carbonyl (C=O) groups is 2. The van der Waals surface area contributed by atoms with E-state index in [0.29, 0.717) is 11.6 Å². The predicted octanol–water partition coefficient (Wildman–Crippen LogP) is 5.93. The zero-order valence-corrected chi connectivity index (χ0v) is 23.8. The first kappa shape index (κ1) is 26.5. The molecule has 0 radical (unpaired) electrons. The summed E-state index contributed by atoms with van der Waals surface area (Å²) in [6.07, 6.45) is 0.829. The van der Waals surface area contributed by atoms with Gasteiger partial charge in [-0.15, -0.1) is 11.8 Å². The monoisotopic (exact) mass is 524 g/mol. The van der Waals surface area contributed by atoms with Crippen LogP contribution in [0.1, 0.15) is 74.2 Å². The molecule has 1 aliphatic heterocycles. The van der Waals surface area contributed by atoms with Crippen LogP contribution in [0.25, 0.3) is 5.69 Å². The molecule has 1 aromatic carbocycles. The van der Waals surface area contributed by atoms with Crippen LogP contribution in [0.3, 0.4) is 0 Å². The molecule has 0 aliphatic carbocycles.